The highest BCUT2D eigenvalue weighted by Gasteiger charge is 2.38. The quantitative estimate of drug-likeness (QED) is 0.498. The number of alkyl halides is 2. The molecule has 0 aromatic carbocycles. The fraction of sp³-hybridized carbons (Fsp3) is 0.833. The van der Waals surface area contributed by atoms with Gasteiger partial charge in [0, 0.05) is 18.8 Å². The number of carbonyl (C=O) groups is 1. The van der Waals surface area contributed by atoms with E-state index in [4.69, 9.17) is 0 Å². The standard InChI is InChI=1S/C6H8F2O/c7-6(8)2-1-5(3-6)4-9/h4-5H,1-3H2/t5-/m0/s1. The van der Waals surface area contributed by atoms with Crippen molar-refractivity contribution in [3.05, 3.63) is 0 Å². The van der Waals surface area contributed by atoms with Crippen molar-refractivity contribution in [2.45, 2.75) is 25.2 Å². The zero-order valence-corrected chi connectivity index (χ0v) is 4.94. The third-order valence-electron chi connectivity index (χ3n) is 1.63. The average molecular weight is 134 g/mol. The highest BCUT2D eigenvalue weighted by molar-refractivity contribution is 5.54. The van der Waals surface area contributed by atoms with E-state index < -0.39 is 5.92 Å². The molecular weight excluding hydrogens is 126 g/mol. The summed E-state index contributed by atoms with van der Waals surface area (Å²) in [6.07, 6.45) is 0.629. The SMILES string of the molecule is O=C[C@H]1CCC(F)(F)C1. The molecule has 1 rings (SSSR count). The molecule has 0 bridgehead atoms. The van der Waals surface area contributed by atoms with Gasteiger partial charge in [0.15, 0.2) is 0 Å². The van der Waals surface area contributed by atoms with Crippen LogP contribution in [0.25, 0.3) is 0 Å². The summed E-state index contributed by atoms with van der Waals surface area (Å²) >= 11 is 0. The zero-order chi connectivity index (χ0) is 6.91. The van der Waals surface area contributed by atoms with Gasteiger partial charge in [-0.3, -0.25) is 0 Å². The van der Waals surface area contributed by atoms with Gasteiger partial charge in [0.1, 0.15) is 6.29 Å². The van der Waals surface area contributed by atoms with Gasteiger partial charge in [0.25, 0.3) is 0 Å². The fourth-order valence-corrected chi connectivity index (χ4v) is 1.10. The van der Waals surface area contributed by atoms with Crippen molar-refractivity contribution < 1.29 is 13.6 Å². The van der Waals surface area contributed by atoms with E-state index in [1.54, 1.807) is 0 Å². The first-order valence-electron chi connectivity index (χ1n) is 2.97. The molecule has 1 fully saturated rings. The highest BCUT2D eigenvalue weighted by atomic mass is 19.3. The molecule has 0 amide bonds. The maximum Gasteiger partial charge on any atom is 0.248 e. The Labute approximate surface area is 52.1 Å². The second-order valence-corrected chi connectivity index (χ2v) is 2.49. The van der Waals surface area contributed by atoms with Crippen LogP contribution in [0.15, 0.2) is 0 Å². The van der Waals surface area contributed by atoms with Gasteiger partial charge in [-0.15, -0.1) is 0 Å². The smallest absolute Gasteiger partial charge is 0.248 e. The summed E-state index contributed by atoms with van der Waals surface area (Å²) in [4.78, 5) is 9.96. The summed E-state index contributed by atoms with van der Waals surface area (Å²) in [5, 5.41) is 0. The molecule has 0 aliphatic heterocycles. The Morgan fingerprint density at radius 3 is 2.44 bits per heavy atom. The van der Waals surface area contributed by atoms with E-state index in [9.17, 15) is 13.6 Å². The minimum absolute atomic E-state index is 0.115. The Hall–Kier alpha value is -0.470. The third-order valence-corrected chi connectivity index (χ3v) is 1.63. The Kier molecular flexibility index (Phi) is 1.51. The van der Waals surface area contributed by atoms with Crippen molar-refractivity contribution in [2.75, 3.05) is 0 Å². The second-order valence-electron chi connectivity index (χ2n) is 2.49. The topological polar surface area (TPSA) is 17.1 Å². The Bertz CT molecular complexity index is 122. The van der Waals surface area contributed by atoms with E-state index >= 15 is 0 Å². The van der Waals surface area contributed by atoms with E-state index in [0.29, 0.717) is 12.7 Å². The average Bonchev–Trinajstić information content (AvgIpc) is 2.10. The number of carbonyl (C=O) groups excluding carboxylic acids is 1. The van der Waals surface area contributed by atoms with Crippen molar-refractivity contribution in [3.63, 3.8) is 0 Å². The van der Waals surface area contributed by atoms with Crippen molar-refractivity contribution in [1.82, 2.24) is 0 Å². The largest absolute Gasteiger partial charge is 0.303 e. The van der Waals surface area contributed by atoms with E-state index in [1.807, 2.05) is 0 Å². The van der Waals surface area contributed by atoms with Gasteiger partial charge in [-0.25, -0.2) is 8.78 Å². The molecular formula is C6H8F2O. The van der Waals surface area contributed by atoms with Crippen LogP contribution < -0.4 is 0 Å². The van der Waals surface area contributed by atoms with Crippen LogP contribution in [0.1, 0.15) is 19.3 Å². The lowest BCUT2D eigenvalue weighted by Gasteiger charge is -2.04. The molecule has 0 unspecified atom stereocenters. The monoisotopic (exact) mass is 134 g/mol. The third kappa shape index (κ3) is 1.47. The predicted molar refractivity (Wildman–Crippen MR) is 28.4 cm³/mol. The summed E-state index contributed by atoms with van der Waals surface area (Å²) < 4.78 is 24.4. The number of halogens is 2. The maximum atomic E-state index is 12.2. The first kappa shape index (κ1) is 6.65. The lowest BCUT2D eigenvalue weighted by atomic mass is 10.1. The number of aldehydes is 1. The summed E-state index contributed by atoms with van der Waals surface area (Å²) in [5.74, 6) is -2.95. The van der Waals surface area contributed by atoms with E-state index in [-0.39, 0.29) is 18.8 Å². The summed E-state index contributed by atoms with van der Waals surface area (Å²) in [7, 11) is 0. The van der Waals surface area contributed by atoms with Crippen LogP contribution in [-0.4, -0.2) is 12.2 Å². The van der Waals surface area contributed by atoms with Gasteiger partial charge < -0.3 is 4.79 Å². The Morgan fingerprint density at radius 2 is 2.22 bits per heavy atom. The van der Waals surface area contributed by atoms with Crippen LogP contribution in [0, 0.1) is 5.92 Å². The number of rotatable bonds is 1. The van der Waals surface area contributed by atoms with Gasteiger partial charge in [-0.05, 0) is 6.42 Å². The zero-order valence-electron chi connectivity index (χ0n) is 4.94. The van der Waals surface area contributed by atoms with Gasteiger partial charge in [0.2, 0.25) is 5.92 Å². The van der Waals surface area contributed by atoms with Gasteiger partial charge in [-0.2, -0.15) is 0 Å². The minimum Gasteiger partial charge on any atom is -0.303 e. The number of hydrogen-bond donors (Lipinski definition) is 0. The van der Waals surface area contributed by atoms with Crippen LogP contribution in [0.2, 0.25) is 0 Å². The molecule has 0 heterocycles. The van der Waals surface area contributed by atoms with Crippen molar-refractivity contribution in [3.8, 4) is 0 Å². The summed E-state index contributed by atoms with van der Waals surface area (Å²) in [5.41, 5.74) is 0. The molecule has 0 N–H and O–H groups in total. The first-order chi connectivity index (χ1) is 4.14. The van der Waals surface area contributed by atoms with Gasteiger partial charge in [-0.1, -0.05) is 0 Å². The molecule has 0 saturated heterocycles. The molecule has 1 aliphatic rings. The van der Waals surface area contributed by atoms with E-state index in [1.165, 1.54) is 0 Å². The molecule has 1 atom stereocenters. The fourth-order valence-electron chi connectivity index (χ4n) is 1.10. The normalized spacial score (nSPS) is 32.4. The molecule has 0 aromatic heterocycles. The Balaban J connectivity index is 2.47. The van der Waals surface area contributed by atoms with Crippen LogP contribution in [0.3, 0.4) is 0 Å². The van der Waals surface area contributed by atoms with Crippen LogP contribution in [0.4, 0.5) is 8.78 Å². The molecule has 0 spiro atoms. The molecule has 1 aliphatic carbocycles. The molecule has 0 aromatic rings. The van der Waals surface area contributed by atoms with E-state index in [2.05, 4.69) is 0 Å². The summed E-state index contributed by atoms with van der Waals surface area (Å²) in [6.45, 7) is 0. The van der Waals surface area contributed by atoms with Gasteiger partial charge in [0.05, 0.1) is 0 Å². The second kappa shape index (κ2) is 2.05. The molecule has 9 heavy (non-hydrogen) atoms. The molecule has 1 nitrogen and oxygen atoms in total. The van der Waals surface area contributed by atoms with Crippen LogP contribution >= 0.6 is 0 Å². The van der Waals surface area contributed by atoms with Gasteiger partial charge >= 0.3 is 0 Å². The highest BCUT2D eigenvalue weighted by Crippen LogP contribution is 2.37. The van der Waals surface area contributed by atoms with E-state index in [0.717, 1.165) is 0 Å². The van der Waals surface area contributed by atoms with Crippen molar-refractivity contribution in [2.24, 2.45) is 5.92 Å². The minimum atomic E-state index is -2.56. The molecule has 1 saturated carbocycles. The first-order valence-corrected chi connectivity index (χ1v) is 2.97. The van der Waals surface area contributed by atoms with Crippen LogP contribution in [-0.2, 0) is 4.79 Å². The maximum absolute atomic E-state index is 12.2. The predicted octanol–water partition coefficient (Wildman–Crippen LogP) is 1.62. The lowest BCUT2D eigenvalue weighted by Crippen LogP contribution is -2.09. The molecule has 0 radical (unpaired) electrons. The summed E-state index contributed by atoms with van der Waals surface area (Å²) in [6, 6.07) is 0. The molecule has 52 valence electrons. The Morgan fingerprint density at radius 1 is 1.56 bits per heavy atom. The molecule has 3 heteroatoms. The lowest BCUT2D eigenvalue weighted by molar-refractivity contribution is -0.111. The van der Waals surface area contributed by atoms with Crippen LogP contribution in [0.5, 0.6) is 0 Å². The number of hydrogen-bond acceptors (Lipinski definition) is 1. The van der Waals surface area contributed by atoms with Crippen molar-refractivity contribution >= 4 is 6.29 Å². The van der Waals surface area contributed by atoms with Crippen molar-refractivity contribution in [1.29, 1.82) is 0 Å².